The van der Waals surface area contributed by atoms with E-state index in [1.807, 2.05) is 30.3 Å². The Kier molecular flexibility index (Phi) is 5.10. The van der Waals surface area contributed by atoms with E-state index in [2.05, 4.69) is 4.18 Å². The van der Waals surface area contributed by atoms with Gasteiger partial charge in [0.2, 0.25) is 0 Å². The summed E-state index contributed by atoms with van der Waals surface area (Å²) < 4.78 is 63.3. The molecule has 1 aromatic carbocycles. The summed E-state index contributed by atoms with van der Waals surface area (Å²) in [6.07, 6.45) is -2.31. The number of β-amino-alcohol motifs (C(OH)–C–C–N with tert-alkyl or cyclic N) is 1. The molecular weight excluding hydrogens is 323 g/mol. The molecule has 1 heterocycles. The molecule has 124 valence electrons. The fourth-order valence-electron chi connectivity index (χ4n) is 2.39. The van der Waals surface area contributed by atoms with Crippen molar-refractivity contribution in [3.8, 4) is 0 Å². The van der Waals surface area contributed by atoms with E-state index < -0.39 is 27.8 Å². The zero-order valence-corrected chi connectivity index (χ0v) is 12.3. The van der Waals surface area contributed by atoms with Gasteiger partial charge in [-0.2, -0.15) is 21.6 Å². The van der Waals surface area contributed by atoms with Gasteiger partial charge in [0.05, 0.1) is 12.2 Å². The summed E-state index contributed by atoms with van der Waals surface area (Å²) in [6, 6.07) is 9.14. The molecule has 0 amide bonds. The summed E-state index contributed by atoms with van der Waals surface area (Å²) in [5, 5.41) is 9.73. The first-order valence-corrected chi connectivity index (χ1v) is 8.02. The van der Waals surface area contributed by atoms with Gasteiger partial charge in [0.1, 0.15) is 0 Å². The van der Waals surface area contributed by atoms with E-state index in [1.165, 1.54) is 0 Å². The molecule has 1 aliphatic rings. The van der Waals surface area contributed by atoms with Gasteiger partial charge in [-0.25, -0.2) is 0 Å². The normalized spacial score (nSPS) is 24.4. The average Bonchev–Trinajstić information content (AvgIpc) is 2.37. The van der Waals surface area contributed by atoms with Gasteiger partial charge in [0.25, 0.3) is 0 Å². The number of likely N-dealkylation sites (tertiary alicyclic amines) is 1. The second-order valence-corrected chi connectivity index (χ2v) is 6.75. The van der Waals surface area contributed by atoms with E-state index in [9.17, 15) is 26.7 Å². The molecule has 0 unspecified atom stereocenters. The number of piperidine rings is 1. The Morgan fingerprint density at radius 2 is 1.86 bits per heavy atom. The Morgan fingerprint density at radius 1 is 1.23 bits per heavy atom. The highest BCUT2D eigenvalue weighted by atomic mass is 32.2. The maximum absolute atomic E-state index is 12.3. The van der Waals surface area contributed by atoms with Gasteiger partial charge in [-0.1, -0.05) is 30.3 Å². The molecular formula is C13H16F3NO4S. The first kappa shape index (κ1) is 17.2. The third-order valence-electron chi connectivity index (χ3n) is 3.26. The second kappa shape index (κ2) is 6.53. The molecule has 1 fully saturated rings. The van der Waals surface area contributed by atoms with Gasteiger partial charge in [-0.3, -0.25) is 9.08 Å². The summed E-state index contributed by atoms with van der Waals surface area (Å²) in [6.45, 7) is 0.645. The molecule has 0 bridgehead atoms. The molecule has 1 aliphatic heterocycles. The lowest BCUT2D eigenvalue weighted by molar-refractivity contribution is -0.0651. The van der Waals surface area contributed by atoms with Crippen molar-refractivity contribution in [1.29, 1.82) is 0 Å². The molecule has 0 aliphatic carbocycles. The zero-order chi connectivity index (χ0) is 16.4. The summed E-state index contributed by atoms with van der Waals surface area (Å²) in [4.78, 5) is 1.67. The lowest BCUT2D eigenvalue weighted by Gasteiger charge is -2.35. The number of aliphatic hydroxyl groups excluding tert-OH is 1. The van der Waals surface area contributed by atoms with Crippen LogP contribution >= 0.6 is 0 Å². The number of alkyl halides is 3. The number of aliphatic hydroxyl groups is 1. The van der Waals surface area contributed by atoms with Crippen LogP contribution in [0.2, 0.25) is 0 Å². The Labute approximate surface area is 126 Å². The topological polar surface area (TPSA) is 66.8 Å². The summed E-state index contributed by atoms with van der Waals surface area (Å²) in [7, 11) is -5.65. The molecule has 0 saturated carbocycles. The largest absolute Gasteiger partial charge is 0.523 e. The molecule has 5 nitrogen and oxygen atoms in total. The third-order valence-corrected chi connectivity index (χ3v) is 4.35. The van der Waals surface area contributed by atoms with E-state index in [0.717, 1.165) is 5.56 Å². The monoisotopic (exact) mass is 339 g/mol. The van der Waals surface area contributed by atoms with Crippen LogP contribution in [0.25, 0.3) is 0 Å². The number of rotatable bonds is 4. The quantitative estimate of drug-likeness (QED) is 0.665. The van der Waals surface area contributed by atoms with Crippen LogP contribution in [0, 0.1) is 0 Å². The third kappa shape index (κ3) is 4.42. The van der Waals surface area contributed by atoms with Gasteiger partial charge < -0.3 is 5.11 Å². The van der Waals surface area contributed by atoms with Crippen LogP contribution in [0.15, 0.2) is 30.3 Å². The molecule has 0 radical (unpaired) electrons. The number of nitrogens with zero attached hydrogens (tertiary/aromatic N) is 1. The van der Waals surface area contributed by atoms with Crippen LogP contribution < -0.4 is 0 Å². The van der Waals surface area contributed by atoms with Crippen molar-refractivity contribution in [1.82, 2.24) is 4.90 Å². The molecule has 1 N–H and O–H groups in total. The smallest absolute Gasteiger partial charge is 0.392 e. The molecule has 0 spiro atoms. The standard InChI is InChI=1S/C13H16F3NO4S/c14-13(15,16)22(19,20)21-12-6-11(18)8-17(9-12)7-10-4-2-1-3-5-10/h1-5,11-12,18H,6-9H2/t11-,12-/m1/s1. The minimum atomic E-state index is -5.65. The van der Waals surface area contributed by atoms with Gasteiger partial charge >= 0.3 is 15.6 Å². The van der Waals surface area contributed by atoms with Crippen LogP contribution in [-0.2, 0) is 20.8 Å². The highest BCUT2D eigenvalue weighted by Crippen LogP contribution is 2.28. The molecule has 2 atom stereocenters. The molecule has 9 heteroatoms. The van der Waals surface area contributed by atoms with Crippen LogP contribution in [0.4, 0.5) is 13.2 Å². The molecule has 0 aromatic heterocycles. The summed E-state index contributed by atoms with van der Waals surface area (Å²) in [5.41, 5.74) is -4.55. The van der Waals surface area contributed by atoms with E-state index in [-0.39, 0.29) is 19.5 Å². The van der Waals surface area contributed by atoms with Gasteiger partial charge in [0, 0.05) is 26.1 Å². The lowest BCUT2D eigenvalue weighted by atomic mass is 10.0. The van der Waals surface area contributed by atoms with Crippen LogP contribution in [0.5, 0.6) is 0 Å². The maximum atomic E-state index is 12.3. The number of hydrogen-bond acceptors (Lipinski definition) is 5. The Bertz CT molecular complexity index is 591. The number of hydrogen-bond donors (Lipinski definition) is 1. The highest BCUT2D eigenvalue weighted by molar-refractivity contribution is 7.87. The van der Waals surface area contributed by atoms with Gasteiger partial charge in [0.15, 0.2) is 0 Å². The minimum absolute atomic E-state index is 0.00125. The van der Waals surface area contributed by atoms with Crippen LogP contribution in [0.1, 0.15) is 12.0 Å². The van der Waals surface area contributed by atoms with Crippen LogP contribution in [0.3, 0.4) is 0 Å². The van der Waals surface area contributed by atoms with Gasteiger partial charge in [-0.05, 0) is 5.56 Å². The Hall–Kier alpha value is -1.16. The average molecular weight is 339 g/mol. The van der Waals surface area contributed by atoms with Crippen molar-refractivity contribution < 1.29 is 30.9 Å². The first-order chi connectivity index (χ1) is 10.2. The van der Waals surface area contributed by atoms with E-state index in [1.54, 1.807) is 4.90 Å². The summed E-state index contributed by atoms with van der Waals surface area (Å²) in [5.74, 6) is 0. The zero-order valence-electron chi connectivity index (χ0n) is 11.5. The van der Waals surface area contributed by atoms with Crippen molar-refractivity contribution in [2.75, 3.05) is 13.1 Å². The van der Waals surface area contributed by atoms with Gasteiger partial charge in [-0.15, -0.1) is 0 Å². The fraction of sp³-hybridized carbons (Fsp3) is 0.538. The van der Waals surface area contributed by atoms with E-state index >= 15 is 0 Å². The van der Waals surface area contributed by atoms with Crippen LogP contribution in [-0.4, -0.2) is 49.2 Å². The van der Waals surface area contributed by atoms with Crippen molar-refractivity contribution in [2.45, 2.75) is 30.7 Å². The van der Waals surface area contributed by atoms with Crippen molar-refractivity contribution in [3.05, 3.63) is 35.9 Å². The lowest BCUT2D eigenvalue weighted by Crippen LogP contribution is -2.47. The fourth-order valence-corrected chi connectivity index (χ4v) is 2.99. The second-order valence-electron chi connectivity index (χ2n) is 5.19. The molecule has 1 aromatic rings. The maximum Gasteiger partial charge on any atom is 0.523 e. The number of halogens is 3. The molecule has 22 heavy (non-hydrogen) atoms. The molecule has 2 rings (SSSR count). The highest BCUT2D eigenvalue weighted by Gasteiger charge is 2.49. The predicted molar refractivity (Wildman–Crippen MR) is 72.2 cm³/mol. The summed E-state index contributed by atoms with van der Waals surface area (Å²) >= 11 is 0. The van der Waals surface area contributed by atoms with Crippen molar-refractivity contribution in [2.24, 2.45) is 0 Å². The number of benzene rings is 1. The SMILES string of the molecule is O=S(=O)(O[C@@H]1C[C@@H](O)CN(Cc2ccccc2)C1)C(F)(F)F. The van der Waals surface area contributed by atoms with E-state index in [0.29, 0.717) is 6.54 Å². The predicted octanol–water partition coefficient (Wildman–Crippen LogP) is 1.49. The Balaban J connectivity index is 2.02. The molecule has 1 saturated heterocycles. The Morgan fingerprint density at radius 3 is 2.45 bits per heavy atom. The van der Waals surface area contributed by atoms with E-state index in [4.69, 9.17) is 0 Å². The van der Waals surface area contributed by atoms with Crippen molar-refractivity contribution >= 4 is 10.1 Å². The first-order valence-electron chi connectivity index (χ1n) is 6.61. The minimum Gasteiger partial charge on any atom is -0.392 e. The van der Waals surface area contributed by atoms with Crippen molar-refractivity contribution in [3.63, 3.8) is 0 Å².